The number of hydrogen-bond acceptors (Lipinski definition) is 5. The number of nitrogens with zero attached hydrogens (tertiary/aromatic N) is 6. The second kappa shape index (κ2) is 8.24. The van der Waals surface area contributed by atoms with Gasteiger partial charge in [0.15, 0.2) is 11.8 Å². The summed E-state index contributed by atoms with van der Waals surface area (Å²) in [6.45, 7) is 11.3. The maximum atomic E-state index is 11.7. The lowest BCUT2D eigenvalue weighted by atomic mass is 10.0. The van der Waals surface area contributed by atoms with Crippen molar-refractivity contribution in [2.45, 2.75) is 58.7 Å². The van der Waals surface area contributed by atoms with Crippen molar-refractivity contribution in [2.24, 2.45) is 10.7 Å². The summed E-state index contributed by atoms with van der Waals surface area (Å²) in [5.74, 6) is 2.63. The number of primary amides is 1. The van der Waals surface area contributed by atoms with E-state index in [1.165, 1.54) is 12.8 Å². The Balaban J connectivity index is 1.65. The first-order valence-electron chi connectivity index (χ1n) is 9.92. The van der Waals surface area contributed by atoms with E-state index in [4.69, 9.17) is 10.7 Å². The molecule has 27 heavy (non-hydrogen) atoms. The van der Waals surface area contributed by atoms with Crippen LogP contribution in [-0.2, 0) is 24.3 Å². The van der Waals surface area contributed by atoms with E-state index >= 15 is 0 Å². The fraction of sp³-hybridized carbons (Fsp3) is 0.778. The van der Waals surface area contributed by atoms with E-state index in [2.05, 4.69) is 36.8 Å². The number of nitrogens with one attached hydrogen (secondary N) is 1. The first-order valence-corrected chi connectivity index (χ1v) is 9.92. The summed E-state index contributed by atoms with van der Waals surface area (Å²) >= 11 is 0. The maximum absolute atomic E-state index is 11.7. The van der Waals surface area contributed by atoms with Crippen LogP contribution in [0.4, 0.5) is 0 Å². The van der Waals surface area contributed by atoms with Gasteiger partial charge in [0.05, 0.1) is 5.54 Å². The number of piperazine rings is 1. The van der Waals surface area contributed by atoms with Crippen molar-refractivity contribution in [3.05, 3.63) is 11.6 Å². The molecule has 150 valence electrons. The molecule has 2 aliphatic heterocycles. The standard InChI is InChI=1S/C18H32N8O/c1-4-20-17(21-13-15-23-22-14-7-5-6-8-26(14)15)24-9-11-25(12-10-24)18(2,3)16(19)27/h4-13H2,1-3H3,(H2,19,27)(H,20,21). The molecule has 1 amide bonds. The van der Waals surface area contributed by atoms with Crippen LogP contribution in [0.25, 0.3) is 0 Å². The molecule has 0 spiro atoms. The highest BCUT2D eigenvalue weighted by Gasteiger charge is 2.35. The molecule has 1 saturated heterocycles. The van der Waals surface area contributed by atoms with E-state index < -0.39 is 5.54 Å². The quantitative estimate of drug-likeness (QED) is 0.552. The summed E-state index contributed by atoms with van der Waals surface area (Å²) < 4.78 is 2.21. The molecule has 0 radical (unpaired) electrons. The minimum atomic E-state index is -0.623. The van der Waals surface area contributed by atoms with Crippen molar-refractivity contribution in [3.63, 3.8) is 0 Å². The molecule has 0 unspecified atom stereocenters. The zero-order chi connectivity index (χ0) is 19.4. The Morgan fingerprint density at radius 1 is 1.19 bits per heavy atom. The van der Waals surface area contributed by atoms with Crippen LogP contribution in [-0.4, -0.2) is 74.7 Å². The highest BCUT2D eigenvalue weighted by Crippen LogP contribution is 2.17. The van der Waals surface area contributed by atoms with Crippen LogP contribution in [0, 0.1) is 0 Å². The van der Waals surface area contributed by atoms with Gasteiger partial charge in [-0.2, -0.15) is 0 Å². The van der Waals surface area contributed by atoms with Crippen LogP contribution in [0.2, 0.25) is 0 Å². The Bertz CT molecular complexity index is 688. The summed E-state index contributed by atoms with van der Waals surface area (Å²) in [6, 6.07) is 0. The molecule has 9 heteroatoms. The Morgan fingerprint density at radius 2 is 1.93 bits per heavy atom. The van der Waals surface area contributed by atoms with E-state index in [1.54, 1.807) is 0 Å². The average molecular weight is 377 g/mol. The topological polar surface area (TPSA) is 105 Å². The minimum absolute atomic E-state index is 0.284. The third-order valence-electron chi connectivity index (χ3n) is 5.61. The first-order chi connectivity index (χ1) is 12.9. The second-order valence-electron chi connectivity index (χ2n) is 7.71. The fourth-order valence-corrected chi connectivity index (χ4v) is 3.69. The zero-order valence-electron chi connectivity index (χ0n) is 16.7. The van der Waals surface area contributed by atoms with E-state index in [1.807, 2.05) is 13.8 Å². The number of fused-ring (bicyclic) bond motifs is 1. The van der Waals surface area contributed by atoms with Crippen LogP contribution >= 0.6 is 0 Å². The van der Waals surface area contributed by atoms with Crippen LogP contribution in [0.5, 0.6) is 0 Å². The van der Waals surface area contributed by atoms with Gasteiger partial charge in [0, 0.05) is 45.7 Å². The molecular weight excluding hydrogens is 344 g/mol. The smallest absolute Gasteiger partial charge is 0.237 e. The van der Waals surface area contributed by atoms with Crippen molar-refractivity contribution in [3.8, 4) is 0 Å². The van der Waals surface area contributed by atoms with Crippen LogP contribution in [0.15, 0.2) is 4.99 Å². The molecular formula is C18H32N8O. The van der Waals surface area contributed by atoms with Crippen molar-refractivity contribution < 1.29 is 4.79 Å². The van der Waals surface area contributed by atoms with Crippen LogP contribution < -0.4 is 11.1 Å². The van der Waals surface area contributed by atoms with Crippen molar-refractivity contribution >= 4 is 11.9 Å². The molecule has 3 N–H and O–H groups in total. The Hall–Kier alpha value is -2.16. The molecule has 0 aromatic carbocycles. The minimum Gasteiger partial charge on any atom is -0.368 e. The number of aliphatic imine (C=N–C) groups is 1. The van der Waals surface area contributed by atoms with E-state index in [-0.39, 0.29) is 5.91 Å². The van der Waals surface area contributed by atoms with Gasteiger partial charge in [0.25, 0.3) is 0 Å². The molecule has 0 aliphatic carbocycles. The lowest BCUT2D eigenvalue weighted by Crippen LogP contribution is -2.61. The van der Waals surface area contributed by atoms with Gasteiger partial charge in [-0.3, -0.25) is 9.69 Å². The SMILES string of the molecule is CCNC(=NCc1nnc2n1CCCC2)N1CCN(C(C)(C)C(N)=O)CC1. The van der Waals surface area contributed by atoms with Gasteiger partial charge in [-0.05, 0) is 33.6 Å². The van der Waals surface area contributed by atoms with Gasteiger partial charge >= 0.3 is 0 Å². The molecule has 0 atom stereocenters. The molecule has 9 nitrogen and oxygen atoms in total. The first kappa shape index (κ1) is 19.6. The number of rotatable bonds is 5. The normalized spacial score (nSPS) is 19.1. The highest BCUT2D eigenvalue weighted by atomic mass is 16.1. The van der Waals surface area contributed by atoms with Gasteiger partial charge in [0.2, 0.25) is 5.91 Å². The summed E-state index contributed by atoms with van der Waals surface area (Å²) in [7, 11) is 0. The molecule has 1 fully saturated rings. The number of carbonyl (C=O) groups excluding carboxylic acids is 1. The zero-order valence-corrected chi connectivity index (χ0v) is 16.7. The maximum Gasteiger partial charge on any atom is 0.237 e. The van der Waals surface area contributed by atoms with Gasteiger partial charge in [-0.25, -0.2) is 4.99 Å². The molecule has 3 heterocycles. The summed E-state index contributed by atoms with van der Waals surface area (Å²) in [5.41, 5.74) is 4.93. The third kappa shape index (κ3) is 4.23. The van der Waals surface area contributed by atoms with Crippen molar-refractivity contribution in [2.75, 3.05) is 32.7 Å². The van der Waals surface area contributed by atoms with E-state index in [0.717, 1.165) is 63.3 Å². The van der Waals surface area contributed by atoms with Crippen LogP contribution in [0.3, 0.4) is 0 Å². The molecule has 0 bridgehead atoms. The largest absolute Gasteiger partial charge is 0.368 e. The molecule has 3 rings (SSSR count). The lowest BCUT2D eigenvalue weighted by Gasteiger charge is -2.43. The number of aromatic nitrogens is 3. The average Bonchev–Trinajstić information content (AvgIpc) is 3.08. The summed E-state index contributed by atoms with van der Waals surface area (Å²) in [6.07, 6.45) is 3.38. The number of aryl methyl sites for hydroxylation is 1. The van der Waals surface area contributed by atoms with Crippen molar-refractivity contribution in [1.29, 1.82) is 0 Å². The molecule has 1 aromatic heterocycles. The van der Waals surface area contributed by atoms with Gasteiger partial charge in [-0.1, -0.05) is 0 Å². The molecule has 2 aliphatic rings. The third-order valence-corrected chi connectivity index (χ3v) is 5.61. The number of carbonyl (C=O) groups is 1. The predicted octanol–water partition coefficient (Wildman–Crippen LogP) is -0.0386. The van der Waals surface area contributed by atoms with Crippen molar-refractivity contribution in [1.82, 2.24) is 29.9 Å². The van der Waals surface area contributed by atoms with Gasteiger partial charge in [-0.15, -0.1) is 10.2 Å². The lowest BCUT2D eigenvalue weighted by molar-refractivity contribution is -0.129. The number of amides is 1. The number of nitrogens with two attached hydrogens (primary N) is 1. The van der Waals surface area contributed by atoms with Crippen LogP contribution in [0.1, 0.15) is 45.3 Å². The second-order valence-corrected chi connectivity index (χ2v) is 7.71. The van der Waals surface area contributed by atoms with Gasteiger partial charge in [0.1, 0.15) is 12.4 Å². The monoisotopic (exact) mass is 376 g/mol. The van der Waals surface area contributed by atoms with Gasteiger partial charge < -0.3 is 20.5 Å². The Labute approximate surface area is 161 Å². The summed E-state index contributed by atoms with van der Waals surface area (Å²) in [4.78, 5) is 20.9. The molecule has 1 aromatic rings. The Morgan fingerprint density at radius 3 is 2.59 bits per heavy atom. The number of guanidine groups is 1. The number of hydrogen-bond donors (Lipinski definition) is 2. The highest BCUT2D eigenvalue weighted by molar-refractivity contribution is 5.84. The fourth-order valence-electron chi connectivity index (χ4n) is 3.69. The summed E-state index contributed by atoms with van der Waals surface area (Å²) in [5, 5.41) is 12.0. The van der Waals surface area contributed by atoms with E-state index in [0.29, 0.717) is 6.54 Å². The Kier molecular flexibility index (Phi) is 5.98. The molecule has 0 saturated carbocycles. The predicted molar refractivity (Wildman–Crippen MR) is 104 cm³/mol. The van der Waals surface area contributed by atoms with E-state index in [9.17, 15) is 4.79 Å².